The lowest BCUT2D eigenvalue weighted by molar-refractivity contribution is 0.213. The molecular weight excluding hydrogens is 186 g/mol. The van der Waals surface area contributed by atoms with Crippen molar-refractivity contribution in [2.45, 2.75) is 25.3 Å². The molecule has 1 saturated carbocycles. The topological polar surface area (TPSA) is 18.5 Å². The Kier molecular flexibility index (Phi) is 4.00. The van der Waals surface area contributed by atoms with Crippen LogP contribution in [0.15, 0.2) is 0 Å². The van der Waals surface area contributed by atoms with E-state index >= 15 is 0 Å². The van der Waals surface area contributed by atoms with E-state index in [0.29, 0.717) is 0 Å². The fourth-order valence-electron chi connectivity index (χ4n) is 2.95. The fourth-order valence-corrected chi connectivity index (χ4v) is 2.95. The maximum atomic E-state index is 3.52. The number of hydrogen-bond donors (Lipinski definition) is 1. The SMILES string of the molecule is CN(C)CCNCCN1CC2CCC1C2. The van der Waals surface area contributed by atoms with Crippen LogP contribution >= 0.6 is 0 Å². The summed E-state index contributed by atoms with van der Waals surface area (Å²) < 4.78 is 0. The van der Waals surface area contributed by atoms with Gasteiger partial charge in [0.05, 0.1) is 0 Å². The molecule has 1 heterocycles. The molecule has 0 aromatic rings. The Labute approximate surface area is 93.8 Å². The van der Waals surface area contributed by atoms with Crippen molar-refractivity contribution < 1.29 is 0 Å². The molecule has 0 radical (unpaired) electrons. The van der Waals surface area contributed by atoms with Crippen molar-refractivity contribution in [2.75, 3.05) is 46.8 Å². The molecule has 1 saturated heterocycles. The Morgan fingerprint density at radius 2 is 2.13 bits per heavy atom. The molecule has 2 atom stereocenters. The van der Waals surface area contributed by atoms with Crippen molar-refractivity contribution in [1.82, 2.24) is 15.1 Å². The lowest BCUT2D eigenvalue weighted by atomic mass is 10.1. The van der Waals surface area contributed by atoms with E-state index in [-0.39, 0.29) is 0 Å². The number of nitrogens with one attached hydrogen (secondary N) is 1. The van der Waals surface area contributed by atoms with Crippen LogP contribution in [-0.4, -0.2) is 62.7 Å². The maximum absolute atomic E-state index is 3.52. The highest BCUT2D eigenvalue weighted by Gasteiger charge is 2.36. The van der Waals surface area contributed by atoms with Crippen LogP contribution < -0.4 is 5.32 Å². The van der Waals surface area contributed by atoms with Crippen LogP contribution in [0.5, 0.6) is 0 Å². The third kappa shape index (κ3) is 3.16. The zero-order valence-electron chi connectivity index (χ0n) is 10.2. The van der Waals surface area contributed by atoms with E-state index in [4.69, 9.17) is 0 Å². The van der Waals surface area contributed by atoms with E-state index in [9.17, 15) is 0 Å². The van der Waals surface area contributed by atoms with E-state index < -0.39 is 0 Å². The minimum absolute atomic E-state index is 0.936. The number of likely N-dealkylation sites (tertiary alicyclic amines) is 1. The fraction of sp³-hybridized carbons (Fsp3) is 1.00. The van der Waals surface area contributed by atoms with Crippen LogP contribution in [0, 0.1) is 5.92 Å². The highest BCUT2D eigenvalue weighted by atomic mass is 15.2. The zero-order valence-corrected chi connectivity index (χ0v) is 10.2. The first-order valence-corrected chi connectivity index (χ1v) is 6.35. The molecular formula is C12H25N3. The molecule has 1 N–H and O–H groups in total. The van der Waals surface area contributed by atoms with Gasteiger partial charge >= 0.3 is 0 Å². The van der Waals surface area contributed by atoms with Gasteiger partial charge in [0.2, 0.25) is 0 Å². The molecule has 0 amide bonds. The van der Waals surface area contributed by atoms with Gasteiger partial charge in [0, 0.05) is 38.8 Å². The van der Waals surface area contributed by atoms with Gasteiger partial charge in [-0.05, 0) is 39.3 Å². The Morgan fingerprint density at radius 1 is 1.27 bits per heavy atom. The number of fused-ring (bicyclic) bond motifs is 2. The quantitative estimate of drug-likeness (QED) is 0.650. The first kappa shape index (κ1) is 11.4. The lowest BCUT2D eigenvalue weighted by Gasteiger charge is -2.26. The van der Waals surface area contributed by atoms with E-state index in [1.165, 1.54) is 32.4 Å². The summed E-state index contributed by atoms with van der Waals surface area (Å²) in [4.78, 5) is 4.92. The predicted molar refractivity (Wildman–Crippen MR) is 64.1 cm³/mol. The van der Waals surface area contributed by atoms with Gasteiger partial charge in [-0.2, -0.15) is 0 Å². The van der Waals surface area contributed by atoms with Crippen LogP contribution in [0.4, 0.5) is 0 Å². The van der Waals surface area contributed by atoms with Crippen molar-refractivity contribution in [3.63, 3.8) is 0 Å². The van der Waals surface area contributed by atoms with Gasteiger partial charge in [-0.25, -0.2) is 0 Å². The second-order valence-electron chi connectivity index (χ2n) is 5.38. The second kappa shape index (κ2) is 5.28. The summed E-state index contributed by atoms with van der Waals surface area (Å²) in [7, 11) is 4.25. The van der Waals surface area contributed by atoms with Crippen LogP contribution in [0.3, 0.4) is 0 Å². The van der Waals surface area contributed by atoms with Gasteiger partial charge in [0.25, 0.3) is 0 Å². The zero-order chi connectivity index (χ0) is 10.7. The van der Waals surface area contributed by atoms with Gasteiger partial charge < -0.3 is 10.2 Å². The van der Waals surface area contributed by atoms with Crippen LogP contribution in [0.2, 0.25) is 0 Å². The van der Waals surface area contributed by atoms with Crippen LogP contribution in [0.25, 0.3) is 0 Å². The molecule has 1 aliphatic carbocycles. The lowest BCUT2D eigenvalue weighted by Crippen LogP contribution is -2.38. The average molecular weight is 211 g/mol. The summed E-state index contributed by atoms with van der Waals surface area (Å²) in [5, 5.41) is 3.52. The summed E-state index contributed by atoms with van der Waals surface area (Å²) in [5.74, 6) is 1.04. The second-order valence-corrected chi connectivity index (χ2v) is 5.38. The standard InChI is InChI=1S/C12H25N3/c1-14(2)7-5-13-6-8-15-10-11-3-4-12(15)9-11/h11-13H,3-10H2,1-2H3. The average Bonchev–Trinajstić information content (AvgIpc) is 2.78. The molecule has 2 aliphatic rings. The number of likely N-dealkylation sites (N-methyl/N-ethyl adjacent to an activating group) is 1. The molecule has 2 unspecified atom stereocenters. The highest BCUT2D eigenvalue weighted by molar-refractivity contribution is 4.91. The Bertz CT molecular complexity index is 193. The van der Waals surface area contributed by atoms with E-state index in [1.54, 1.807) is 0 Å². The largest absolute Gasteiger partial charge is 0.314 e. The number of piperidine rings is 1. The molecule has 3 heteroatoms. The van der Waals surface area contributed by atoms with E-state index in [2.05, 4.69) is 29.2 Å². The molecule has 0 aromatic heterocycles. The van der Waals surface area contributed by atoms with E-state index in [1.807, 2.05) is 0 Å². The normalized spacial score (nSPS) is 30.6. The smallest absolute Gasteiger partial charge is 0.0110 e. The molecule has 0 aromatic carbocycles. The van der Waals surface area contributed by atoms with Gasteiger partial charge in [-0.1, -0.05) is 0 Å². The molecule has 1 aliphatic heterocycles. The minimum Gasteiger partial charge on any atom is -0.314 e. The van der Waals surface area contributed by atoms with Gasteiger partial charge in [0.1, 0.15) is 0 Å². The first-order chi connectivity index (χ1) is 7.25. The van der Waals surface area contributed by atoms with E-state index in [0.717, 1.165) is 31.6 Å². The molecule has 15 heavy (non-hydrogen) atoms. The van der Waals surface area contributed by atoms with Crippen molar-refractivity contribution in [3.05, 3.63) is 0 Å². The monoisotopic (exact) mass is 211 g/mol. The van der Waals surface area contributed by atoms with Crippen LogP contribution in [-0.2, 0) is 0 Å². The number of hydrogen-bond acceptors (Lipinski definition) is 3. The third-order valence-electron chi connectivity index (χ3n) is 3.83. The molecule has 2 bridgehead atoms. The summed E-state index contributed by atoms with van der Waals surface area (Å²) in [6.45, 7) is 6.06. The molecule has 2 rings (SSSR count). The van der Waals surface area contributed by atoms with Gasteiger partial charge in [-0.3, -0.25) is 4.90 Å². The molecule has 2 fully saturated rings. The summed E-state index contributed by atoms with van der Waals surface area (Å²) in [6, 6.07) is 0.936. The molecule has 0 spiro atoms. The molecule has 88 valence electrons. The van der Waals surface area contributed by atoms with Crippen molar-refractivity contribution in [1.29, 1.82) is 0 Å². The Morgan fingerprint density at radius 3 is 2.73 bits per heavy atom. The van der Waals surface area contributed by atoms with Crippen LogP contribution in [0.1, 0.15) is 19.3 Å². The summed E-state index contributed by atoms with van der Waals surface area (Å²) >= 11 is 0. The predicted octanol–water partition coefficient (Wildman–Crippen LogP) is 0.622. The third-order valence-corrected chi connectivity index (χ3v) is 3.83. The van der Waals surface area contributed by atoms with Crippen molar-refractivity contribution in [2.24, 2.45) is 5.92 Å². The molecule has 3 nitrogen and oxygen atoms in total. The highest BCUT2D eigenvalue weighted by Crippen LogP contribution is 2.36. The Hall–Kier alpha value is -0.120. The first-order valence-electron chi connectivity index (χ1n) is 6.35. The minimum atomic E-state index is 0.936. The Balaban J connectivity index is 1.51. The van der Waals surface area contributed by atoms with Gasteiger partial charge in [-0.15, -0.1) is 0 Å². The van der Waals surface area contributed by atoms with Gasteiger partial charge in [0.15, 0.2) is 0 Å². The number of rotatable bonds is 6. The van der Waals surface area contributed by atoms with Crippen molar-refractivity contribution in [3.8, 4) is 0 Å². The summed E-state index contributed by atoms with van der Waals surface area (Å²) in [6.07, 6.45) is 4.44. The number of nitrogens with zero attached hydrogens (tertiary/aromatic N) is 2. The van der Waals surface area contributed by atoms with Crippen molar-refractivity contribution >= 4 is 0 Å². The summed E-state index contributed by atoms with van der Waals surface area (Å²) in [5.41, 5.74) is 0. The maximum Gasteiger partial charge on any atom is 0.0110 e.